The molecule has 2 heteroatoms. The van der Waals surface area contributed by atoms with Crippen molar-refractivity contribution in [3.63, 3.8) is 0 Å². The van der Waals surface area contributed by atoms with Gasteiger partial charge in [0.05, 0.1) is 0 Å². The van der Waals surface area contributed by atoms with Gasteiger partial charge in [-0.15, -0.1) is 8.58 Å². The van der Waals surface area contributed by atoms with Crippen LogP contribution in [-0.4, -0.2) is 30.9 Å². The summed E-state index contributed by atoms with van der Waals surface area (Å²) in [5, 5.41) is 0. The van der Waals surface area contributed by atoms with E-state index in [-0.39, 0.29) is 0 Å². The second-order valence-corrected chi connectivity index (χ2v) is 4.86. The highest BCUT2D eigenvalue weighted by Gasteiger charge is 2.16. The van der Waals surface area contributed by atoms with Crippen LogP contribution in [0.1, 0.15) is 32.6 Å². The molecule has 1 saturated carbocycles. The van der Waals surface area contributed by atoms with Gasteiger partial charge >= 0.3 is 0 Å². The number of hydrogen-bond acceptors (Lipinski definition) is 1. The molecule has 0 N–H and O–H groups in total. The second kappa shape index (κ2) is 5.94. The Balaban J connectivity index is 2.16. The normalized spacial score (nSPS) is 20.2. The molecule has 1 unspecified atom stereocenters. The molecule has 1 aliphatic rings. The molecule has 12 heavy (non-hydrogen) atoms. The SMILES string of the molecule is CCN(CPC)CC1CCCC1. The smallest absolute Gasteiger partial charge is 0.0152 e. The molecule has 1 atom stereocenters. The van der Waals surface area contributed by atoms with Crippen molar-refractivity contribution in [1.29, 1.82) is 0 Å². The number of rotatable bonds is 5. The topological polar surface area (TPSA) is 3.24 Å². The maximum absolute atomic E-state index is 2.62. The van der Waals surface area contributed by atoms with E-state index in [2.05, 4.69) is 18.5 Å². The van der Waals surface area contributed by atoms with Gasteiger partial charge in [-0.05, 0) is 32.0 Å². The maximum Gasteiger partial charge on any atom is 0.0152 e. The van der Waals surface area contributed by atoms with Crippen molar-refractivity contribution in [2.75, 3.05) is 26.0 Å². The predicted octanol–water partition coefficient (Wildman–Crippen LogP) is 2.76. The van der Waals surface area contributed by atoms with E-state index in [1.165, 1.54) is 45.1 Å². The lowest BCUT2D eigenvalue weighted by Gasteiger charge is -2.22. The summed E-state index contributed by atoms with van der Waals surface area (Å²) in [5.41, 5.74) is 0. The van der Waals surface area contributed by atoms with Crippen molar-refractivity contribution in [1.82, 2.24) is 4.90 Å². The van der Waals surface area contributed by atoms with Crippen molar-refractivity contribution >= 4 is 8.58 Å². The van der Waals surface area contributed by atoms with Gasteiger partial charge in [0.15, 0.2) is 0 Å². The van der Waals surface area contributed by atoms with Crippen LogP contribution in [0.2, 0.25) is 0 Å². The van der Waals surface area contributed by atoms with Gasteiger partial charge in [0.2, 0.25) is 0 Å². The predicted molar refractivity (Wildman–Crippen MR) is 58.3 cm³/mol. The van der Waals surface area contributed by atoms with E-state index in [4.69, 9.17) is 0 Å². The molecule has 1 fully saturated rings. The molecule has 0 amide bonds. The van der Waals surface area contributed by atoms with Crippen molar-refractivity contribution in [2.24, 2.45) is 5.92 Å². The van der Waals surface area contributed by atoms with E-state index in [1.54, 1.807) is 0 Å². The summed E-state index contributed by atoms with van der Waals surface area (Å²) in [5.74, 6) is 1.03. The molecule has 0 aromatic heterocycles. The Hall–Kier alpha value is 0.390. The van der Waals surface area contributed by atoms with Gasteiger partial charge in [-0.1, -0.05) is 19.8 Å². The highest BCUT2D eigenvalue weighted by molar-refractivity contribution is 7.36. The zero-order valence-corrected chi connectivity index (χ0v) is 9.47. The average Bonchev–Trinajstić information content (AvgIpc) is 2.56. The fraction of sp³-hybridized carbons (Fsp3) is 1.00. The van der Waals surface area contributed by atoms with Gasteiger partial charge in [-0.25, -0.2) is 0 Å². The standard InChI is InChI=1S/C10H22NP/c1-3-11(9-12-2)8-10-6-4-5-7-10/h10,12H,3-9H2,1-2H3. The van der Waals surface area contributed by atoms with Crippen LogP contribution in [0.3, 0.4) is 0 Å². The Morgan fingerprint density at radius 2 is 2.00 bits per heavy atom. The Morgan fingerprint density at radius 1 is 1.33 bits per heavy atom. The first kappa shape index (κ1) is 10.5. The molecule has 0 aliphatic heterocycles. The van der Waals surface area contributed by atoms with Gasteiger partial charge in [-0.2, -0.15) is 0 Å². The van der Waals surface area contributed by atoms with Gasteiger partial charge < -0.3 is 0 Å². The van der Waals surface area contributed by atoms with E-state index in [0.29, 0.717) is 0 Å². The van der Waals surface area contributed by atoms with Gasteiger partial charge in [0, 0.05) is 12.8 Å². The molecular weight excluding hydrogens is 165 g/mol. The Bertz CT molecular complexity index is 110. The van der Waals surface area contributed by atoms with E-state index < -0.39 is 0 Å². The molecule has 1 aliphatic carbocycles. The van der Waals surface area contributed by atoms with Crippen LogP contribution in [0, 0.1) is 5.92 Å². The summed E-state index contributed by atoms with van der Waals surface area (Å²) >= 11 is 0. The van der Waals surface area contributed by atoms with E-state index in [1.807, 2.05) is 0 Å². The van der Waals surface area contributed by atoms with Crippen molar-refractivity contribution in [2.45, 2.75) is 32.6 Å². The van der Waals surface area contributed by atoms with Crippen LogP contribution in [0.25, 0.3) is 0 Å². The fourth-order valence-electron chi connectivity index (χ4n) is 2.09. The van der Waals surface area contributed by atoms with Crippen molar-refractivity contribution in [3.05, 3.63) is 0 Å². The maximum atomic E-state index is 2.62. The third kappa shape index (κ3) is 3.41. The highest BCUT2D eigenvalue weighted by Crippen LogP contribution is 2.25. The summed E-state index contributed by atoms with van der Waals surface area (Å²) < 4.78 is 0. The lowest BCUT2D eigenvalue weighted by Crippen LogP contribution is -2.27. The monoisotopic (exact) mass is 187 g/mol. The molecule has 72 valence electrons. The molecule has 0 spiro atoms. The first-order valence-electron chi connectivity index (χ1n) is 5.23. The van der Waals surface area contributed by atoms with Crippen LogP contribution in [0.4, 0.5) is 0 Å². The summed E-state index contributed by atoms with van der Waals surface area (Å²) in [4.78, 5) is 2.62. The minimum Gasteiger partial charge on any atom is -0.300 e. The number of nitrogens with zero attached hydrogens (tertiary/aromatic N) is 1. The minimum absolute atomic E-state index is 1.03. The third-order valence-electron chi connectivity index (χ3n) is 2.82. The van der Waals surface area contributed by atoms with Crippen molar-refractivity contribution < 1.29 is 0 Å². The minimum atomic E-state index is 1.03. The van der Waals surface area contributed by atoms with E-state index >= 15 is 0 Å². The molecule has 0 saturated heterocycles. The molecule has 1 rings (SSSR count). The Morgan fingerprint density at radius 3 is 2.50 bits per heavy atom. The average molecular weight is 187 g/mol. The van der Waals surface area contributed by atoms with Crippen LogP contribution >= 0.6 is 8.58 Å². The molecule has 0 bridgehead atoms. The zero-order valence-electron chi connectivity index (χ0n) is 8.47. The molecule has 0 aromatic carbocycles. The summed E-state index contributed by atoms with van der Waals surface area (Å²) in [6.07, 6.45) is 7.27. The first-order chi connectivity index (χ1) is 5.86. The quantitative estimate of drug-likeness (QED) is 0.598. The Kier molecular flexibility index (Phi) is 5.18. The van der Waals surface area contributed by atoms with E-state index in [0.717, 1.165) is 14.5 Å². The van der Waals surface area contributed by atoms with Crippen LogP contribution in [-0.2, 0) is 0 Å². The Labute approximate surface area is 78.7 Å². The molecule has 1 nitrogen and oxygen atoms in total. The molecule has 0 aromatic rings. The lowest BCUT2D eigenvalue weighted by molar-refractivity contribution is 0.279. The fourth-order valence-corrected chi connectivity index (χ4v) is 2.89. The second-order valence-electron chi connectivity index (χ2n) is 3.83. The van der Waals surface area contributed by atoms with Crippen LogP contribution < -0.4 is 0 Å². The molecule has 0 heterocycles. The third-order valence-corrected chi connectivity index (χ3v) is 3.58. The summed E-state index contributed by atoms with van der Waals surface area (Å²) in [6, 6.07) is 0. The van der Waals surface area contributed by atoms with Crippen LogP contribution in [0.15, 0.2) is 0 Å². The summed E-state index contributed by atoms with van der Waals surface area (Å²) in [6.45, 7) is 7.21. The largest absolute Gasteiger partial charge is 0.300 e. The van der Waals surface area contributed by atoms with E-state index in [9.17, 15) is 0 Å². The molecular formula is C10H22NP. The zero-order chi connectivity index (χ0) is 8.81. The summed E-state index contributed by atoms with van der Waals surface area (Å²) in [7, 11) is 1.09. The lowest BCUT2D eigenvalue weighted by atomic mass is 10.1. The van der Waals surface area contributed by atoms with Crippen LogP contribution in [0.5, 0.6) is 0 Å². The molecule has 0 radical (unpaired) electrons. The van der Waals surface area contributed by atoms with Gasteiger partial charge in [0.25, 0.3) is 0 Å². The first-order valence-corrected chi connectivity index (χ1v) is 6.94. The van der Waals surface area contributed by atoms with Gasteiger partial charge in [0.1, 0.15) is 0 Å². The highest BCUT2D eigenvalue weighted by atomic mass is 31.1. The van der Waals surface area contributed by atoms with Crippen molar-refractivity contribution in [3.8, 4) is 0 Å². The number of hydrogen-bond donors (Lipinski definition) is 0. The van der Waals surface area contributed by atoms with Gasteiger partial charge in [-0.3, -0.25) is 4.90 Å².